The van der Waals surface area contributed by atoms with Crippen molar-refractivity contribution in [3.63, 3.8) is 0 Å². The van der Waals surface area contributed by atoms with Crippen molar-refractivity contribution in [2.45, 2.75) is 0 Å². The predicted octanol–water partition coefficient (Wildman–Crippen LogP) is 2.08. The Labute approximate surface area is 129 Å². The van der Waals surface area contributed by atoms with Crippen molar-refractivity contribution in [3.8, 4) is 11.5 Å². The topological polar surface area (TPSA) is 157 Å². The van der Waals surface area contributed by atoms with E-state index in [-0.39, 0.29) is 41.0 Å². The van der Waals surface area contributed by atoms with E-state index in [1.54, 1.807) is 0 Å². The smallest absolute Gasteiger partial charge is 0.273 e. The standard InChI is InChI=1S/C13H12N4O6/c14-10-3-1-8(16(18)19)5-12(10)22-7-23-13-6-9(17(20)21)2-4-11(13)15/h1-6H,7,14-15H2. The average molecular weight is 320 g/mol. The van der Waals surface area contributed by atoms with Gasteiger partial charge in [-0.1, -0.05) is 0 Å². The molecule has 0 heterocycles. The van der Waals surface area contributed by atoms with Crippen LogP contribution in [0.25, 0.3) is 0 Å². The molecule has 2 rings (SSSR count). The molecule has 0 saturated carbocycles. The number of nitro groups is 2. The summed E-state index contributed by atoms with van der Waals surface area (Å²) in [6.45, 7) is -0.378. The molecular formula is C13H12N4O6. The lowest BCUT2D eigenvalue weighted by Crippen LogP contribution is -2.09. The second-order valence-electron chi connectivity index (χ2n) is 4.37. The van der Waals surface area contributed by atoms with E-state index in [9.17, 15) is 20.2 Å². The zero-order valence-electron chi connectivity index (χ0n) is 11.7. The molecule has 0 aromatic heterocycles. The molecule has 0 radical (unpaired) electrons. The molecule has 0 aliphatic carbocycles. The van der Waals surface area contributed by atoms with Gasteiger partial charge in [0.2, 0.25) is 6.79 Å². The number of benzene rings is 2. The van der Waals surface area contributed by atoms with E-state index < -0.39 is 9.85 Å². The highest BCUT2D eigenvalue weighted by molar-refractivity contribution is 5.58. The first-order chi connectivity index (χ1) is 10.9. The lowest BCUT2D eigenvalue weighted by atomic mass is 10.2. The number of non-ortho nitro benzene ring substituents is 2. The molecule has 4 N–H and O–H groups in total. The minimum absolute atomic E-state index is 0.0585. The highest BCUT2D eigenvalue weighted by Crippen LogP contribution is 2.29. The van der Waals surface area contributed by atoms with Gasteiger partial charge in [-0.3, -0.25) is 20.2 Å². The molecule has 0 spiro atoms. The fourth-order valence-electron chi connectivity index (χ4n) is 1.68. The first-order valence-corrected chi connectivity index (χ1v) is 6.22. The molecule has 23 heavy (non-hydrogen) atoms. The van der Waals surface area contributed by atoms with Crippen LogP contribution >= 0.6 is 0 Å². The van der Waals surface area contributed by atoms with Gasteiger partial charge in [0, 0.05) is 12.1 Å². The summed E-state index contributed by atoms with van der Waals surface area (Å²) in [5, 5.41) is 21.4. The maximum Gasteiger partial charge on any atom is 0.273 e. The molecule has 0 bridgehead atoms. The monoisotopic (exact) mass is 320 g/mol. The third kappa shape index (κ3) is 3.75. The van der Waals surface area contributed by atoms with Gasteiger partial charge in [-0.15, -0.1) is 0 Å². The largest absolute Gasteiger partial charge is 0.455 e. The van der Waals surface area contributed by atoms with Crippen molar-refractivity contribution in [1.29, 1.82) is 0 Å². The van der Waals surface area contributed by atoms with Crippen molar-refractivity contribution in [2.24, 2.45) is 0 Å². The predicted molar refractivity (Wildman–Crippen MR) is 81.1 cm³/mol. The Kier molecular flexibility index (Phi) is 4.45. The zero-order chi connectivity index (χ0) is 17.0. The van der Waals surface area contributed by atoms with Crippen molar-refractivity contribution in [3.05, 3.63) is 56.6 Å². The number of hydrogen-bond acceptors (Lipinski definition) is 8. The number of rotatable bonds is 6. The van der Waals surface area contributed by atoms with Crippen LogP contribution in [0.1, 0.15) is 0 Å². The van der Waals surface area contributed by atoms with Crippen molar-refractivity contribution >= 4 is 22.7 Å². The number of ether oxygens (including phenoxy) is 2. The molecule has 0 atom stereocenters. The Morgan fingerprint density at radius 3 is 1.57 bits per heavy atom. The van der Waals surface area contributed by atoms with Gasteiger partial charge in [-0.05, 0) is 12.1 Å². The molecule has 0 unspecified atom stereocenters. The Bertz CT molecular complexity index is 701. The van der Waals surface area contributed by atoms with E-state index in [4.69, 9.17) is 20.9 Å². The van der Waals surface area contributed by atoms with Crippen molar-refractivity contribution in [1.82, 2.24) is 0 Å². The molecule has 2 aromatic rings. The summed E-state index contributed by atoms with van der Waals surface area (Å²) in [5.41, 5.74) is 11.3. The molecular weight excluding hydrogens is 308 g/mol. The highest BCUT2D eigenvalue weighted by atomic mass is 16.7. The van der Waals surface area contributed by atoms with Gasteiger partial charge in [0.25, 0.3) is 11.4 Å². The van der Waals surface area contributed by atoms with Crippen molar-refractivity contribution < 1.29 is 19.3 Å². The molecule has 0 aliphatic heterocycles. The third-order valence-electron chi connectivity index (χ3n) is 2.84. The lowest BCUT2D eigenvalue weighted by Gasteiger charge is -2.11. The number of nitrogen functional groups attached to an aromatic ring is 2. The van der Waals surface area contributed by atoms with E-state index in [0.717, 1.165) is 12.1 Å². The van der Waals surface area contributed by atoms with Gasteiger partial charge in [-0.2, -0.15) is 0 Å². The minimum atomic E-state index is -0.592. The van der Waals surface area contributed by atoms with Crippen LogP contribution in [0.4, 0.5) is 22.7 Å². The Morgan fingerprint density at radius 1 is 0.826 bits per heavy atom. The second-order valence-corrected chi connectivity index (χ2v) is 4.37. The van der Waals surface area contributed by atoms with Gasteiger partial charge in [-0.25, -0.2) is 0 Å². The SMILES string of the molecule is Nc1ccc([N+](=O)[O-])cc1OCOc1cc([N+](=O)[O-])ccc1N. The maximum absolute atomic E-state index is 10.7. The Balaban J connectivity index is 2.08. The van der Waals surface area contributed by atoms with Gasteiger partial charge < -0.3 is 20.9 Å². The molecule has 0 aliphatic rings. The van der Waals surface area contributed by atoms with Crippen molar-refractivity contribution in [2.75, 3.05) is 18.3 Å². The van der Waals surface area contributed by atoms with Gasteiger partial charge in [0.15, 0.2) is 11.5 Å². The number of nitrogens with zero attached hydrogens (tertiary/aromatic N) is 2. The Hall–Kier alpha value is -3.56. The second kappa shape index (κ2) is 6.47. The number of hydrogen-bond donors (Lipinski definition) is 2. The minimum Gasteiger partial charge on any atom is -0.455 e. The van der Waals surface area contributed by atoms with E-state index in [1.807, 2.05) is 0 Å². The van der Waals surface area contributed by atoms with E-state index >= 15 is 0 Å². The maximum atomic E-state index is 10.7. The van der Waals surface area contributed by atoms with Gasteiger partial charge >= 0.3 is 0 Å². The highest BCUT2D eigenvalue weighted by Gasteiger charge is 2.12. The Morgan fingerprint density at radius 2 is 1.22 bits per heavy atom. The molecule has 10 nitrogen and oxygen atoms in total. The summed E-state index contributed by atoms with van der Waals surface area (Å²) >= 11 is 0. The van der Waals surface area contributed by atoms with Crippen LogP contribution in [0, 0.1) is 20.2 Å². The van der Waals surface area contributed by atoms with Crippen LogP contribution in [0.2, 0.25) is 0 Å². The van der Waals surface area contributed by atoms with Crippen LogP contribution in [-0.2, 0) is 0 Å². The lowest BCUT2D eigenvalue weighted by molar-refractivity contribution is -0.385. The summed E-state index contributed by atoms with van der Waals surface area (Å²) in [6, 6.07) is 7.43. The van der Waals surface area contributed by atoms with Crippen LogP contribution in [0.15, 0.2) is 36.4 Å². The fourth-order valence-corrected chi connectivity index (χ4v) is 1.68. The normalized spacial score (nSPS) is 10.1. The van der Waals surface area contributed by atoms with E-state index in [0.29, 0.717) is 0 Å². The van der Waals surface area contributed by atoms with Crippen LogP contribution < -0.4 is 20.9 Å². The van der Waals surface area contributed by atoms with E-state index in [1.165, 1.54) is 24.3 Å². The molecule has 0 amide bonds. The summed E-state index contributed by atoms with van der Waals surface area (Å²) in [4.78, 5) is 20.2. The summed E-state index contributed by atoms with van der Waals surface area (Å²) in [6.07, 6.45) is 0. The van der Waals surface area contributed by atoms with Gasteiger partial charge in [0.05, 0.1) is 33.4 Å². The quantitative estimate of drug-likeness (QED) is 0.354. The number of anilines is 2. The molecule has 10 heteroatoms. The molecule has 0 fully saturated rings. The first kappa shape index (κ1) is 15.8. The zero-order valence-corrected chi connectivity index (χ0v) is 11.7. The third-order valence-corrected chi connectivity index (χ3v) is 2.84. The molecule has 0 saturated heterocycles. The van der Waals surface area contributed by atoms with E-state index in [2.05, 4.69) is 0 Å². The summed E-state index contributed by atoms with van der Waals surface area (Å²) in [7, 11) is 0. The number of nitrogens with two attached hydrogens (primary N) is 2. The number of nitro benzene ring substituents is 2. The van der Waals surface area contributed by atoms with Crippen LogP contribution in [-0.4, -0.2) is 16.6 Å². The molecule has 2 aromatic carbocycles. The first-order valence-electron chi connectivity index (χ1n) is 6.22. The summed E-state index contributed by atoms with van der Waals surface area (Å²) < 4.78 is 10.4. The molecule has 120 valence electrons. The van der Waals surface area contributed by atoms with Crippen LogP contribution in [0.3, 0.4) is 0 Å². The van der Waals surface area contributed by atoms with Crippen LogP contribution in [0.5, 0.6) is 11.5 Å². The average Bonchev–Trinajstić information content (AvgIpc) is 2.50. The summed E-state index contributed by atoms with van der Waals surface area (Å²) in [5.74, 6) is 0.117. The van der Waals surface area contributed by atoms with Gasteiger partial charge in [0.1, 0.15) is 0 Å². The fraction of sp³-hybridized carbons (Fsp3) is 0.0769.